The number of aromatic nitrogens is 1. The smallest absolute Gasteiger partial charge is 0.0795 e. The number of nitrogens with one attached hydrogen (secondary N) is 1. The SMILES string of the molecule is CC(NCC1CSCCS1)c1cscn1. The molecule has 2 unspecified atom stereocenters. The lowest BCUT2D eigenvalue weighted by atomic mass is 10.2. The van der Waals surface area contributed by atoms with Crippen molar-refractivity contribution < 1.29 is 0 Å². The third-order valence-electron chi connectivity index (χ3n) is 2.43. The van der Waals surface area contributed by atoms with Crippen LogP contribution in [-0.4, -0.2) is 34.0 Å². The van der Waals surface area contributed by atoms with Crippen molar-refractivity contribution in [1.29, 1.82) is 0 Å². The first kappa shape index (κ1) is 11.8. The van der Waals surface area contributed by atoms with Gasteiger partial charge in [-0.3, -0.25) is 0 Å². The number of hydrogen-bond acceptors (Lipinski definition) is 5. The van der Waals surface area contributed by atoms with Crippen LogP contribution < -0.4 is 5.32 Å². The Balaban J connectivity index is 1.73. The lowest BCUT2D eigenvalue weighted by Gasteiger charge is -2.22. The summed E-state index contributed by atoms with van der Waals surface area (Å²) in [5, 5.41) is 6.47. The molecule has 0 radical (unpaired) electrons. The zero-order valence-electron chi connectivity index (χ0n) is 8.81. The van der Waals surface area contributed by atoms with Crippen molar-refractivity contribution in [2.24, 2.45) is 0 Å². The maximum absolute atomic E-state index is 4.32. The van der Waals surface area contributed by atoms with Gasteiger partial charge in [-0.25, -0.2) is 4.98 Å². The zero-order valence-corrected chi connectivity index (χ0v) is 11.3. The maximum Gasteiger partial charge on any atom is 0.0795 e. The molecule has 5 heteroatoms. The molecule has 0 spiro atoms. The fourth-order valence-electron chi connectivity index (χ4n) is 1.50. The van der Waals surface area contributed by atoms with E-state index in [2.05, 4.69) is 46.1 Å². The summed E-state index contributed by atoms with van der Waals surface area (Å²) in [4.78, 5) is 4.32. The molecule has 2 atom stereocenters. The molecule has 0 saturated carbocycles. The van der Waals surface area contributed by atoms with Gasteiger partial charge in [0.15, 0.2) is 0 Å². The predicted molar refractivity (Wildman–Crippen MR) is 72.1 cm³/mol. The third-order valence-corrected chi connectivity index (χ3v) is 5.88. The largest absolute Gasteiger partial charge is 0.308 e. The molecule has 1 aromatic heterocycles. The van der Waals surface area contributed by atoms with Crippen LogP contribution in [-0.2, 0) is 0 Å². The standard InChI is InChI=1S/C10H16N2S3/c1-8(10-6-14-7-12-10)11-4-9-5-13-2-3-15-9/h6-9,11H,2-5H2,1H3. The van der Waals surface area contributed by atoms with Crippen LogP contribution in [0.15, 0.2) is 10.9 Å². The number of thiazole rings is 1. The van der Waals surface area contributed by atoms with E-state index in [1.54, 1.807) is 11.3 Å². The van der Waals surface area contributed by atoms with E-state index in [9.17, 15) is 0 Å². The van der Waals surface area contributed by atoms with Crippen molar-refractivity contribution in [3.8, 4) is 0 Å². The maximum atomic E-state index is 4.32. The Morgan fingerprint density at radius 3 is 3.20 bits per heavy atom. The van der Waals surface area contributed by atoms with Crippen LogP contribution in [0.5, 0.6) is 0 Å². The van der Waals surface area contributed by atoms with E-state index in [0.717, 1.165) is 11.8 Å². The Morgan fingerprint density at radius 1 is 1.60 bits per heavy atom. The molecule has 1 aliphatic rings. The summed E-state index contributed by atoms with van der Waals surface area (Å²) < 4.78 is 0. The second-order valence-corrected chi connectivity index (χ2v) is 6.89. The van der Waals surface area contributed by atoms with Crippen LogP contribution in [0.4, 0.5) is 0 Å². The van der Waals surface area contributed by atoms with Crippen molar-refractivity contribution in [2.45, 2.75) is 18.2 Å². The Hall–Kier alpha value is 0.290. The van der Waals surface area contributed by atoms with Crippen molar-refractivity contribution >= 4 is 34.9 Å². The minimum Gasteiger partial charge on any atom is -0.308 e. The van der Waals surface area contributed by atoms with E-state index in [1.165, 1.54) is 23.0 Å². The normalized spacial score (nSPS) is 23.9. The van der Waals surface area contributed by atoms with E-state index in [1.807, 2.05) is 5.51 Å². The molecule has 2 nitrogen and oxygen atoms in total. The van der Waals surface area contributed by atoms with Crippen LogP contribution in [0.3, 0.4) is 0 Å². The van der Waals surface area contributed by atoms with Gasteiger partial charge in [0, 0.05) is 40.5 Å². The van der Waals surface area contributed by atoms with Gasteiger partial charge >= 0.3 is 0 Å². The Labute approximate surface area is 104 Å². The van der Waals surface area contributed by atoms with Crippen molar-refractivity contribution in [3.63, 3.8) is 0 Å². The average Bonchev–Trinajstić information content (AvgIpc) is 2.81. The quantitative estimate of drug-likeness (QED) is 0.899. The fourth-order valence-corrected chi connectivity index (χ4v) is 4.78. The molecule has 0 amide bonds. The topological polar surface area (TPSA) is 24.9 Å². The first-order chi connectivity index (χ1) is 7.36. The molecule has 1 fully saturated rings. The Bertz CT molecular complexity index is 270. The van der Waals surface area contributed by atoms with Gasteiger partial charge in [0.1, 0.15) is 0 Å². The lowest BCUT2D eigenvalue weighted by Crippen LogP contribution is -2.30. The number of rotatable bonds is 4. The van der Waals surface area contributed by atoms with Gasteiger partial charge in [0.25, 0.3) is 0 Å². The second kappa shape index (κ2) is 6.13. The van der Waals surface area contributed by atoms with Crippen LogP contribution in [0, 0.1) is 0 Å². The van der Waals surface area contributed by atoms with Crippen molar-refractivity contribution in [3.05, 3.63) is 16.6 Å². The van der Waals surface area contributed by atoms with E-state index in [4.69, 9.17) is 0 Å². The first-order valence-electron chi connectivity index (χ1n) is 5.17. The minimum absolute atomic E-state index is 0.392. The van der Waals surface area contributed by atoms with Gasteiger partial charge in [0.05, 0.1) is 11.2 Å². The zero-order chi connectivity index (χ0) is 10.5. The van der Waals surface area contributed by atoms with E-state index >= 15 is 0 Å². The molecule has 0 aliphatic carbocycles. The highest BCUT2D eigenvalue weighted by atomic mass is 32.2. The Kier molecular flexibility index (Phi) is 4.81. The van der Waals surface area contributed by atoms with E-state index in [0.29, 0.717) is 6.04 Å². The lowest BCUT2D eigenvalue weighted by molar-refractivity contribution is 0.567. The third kappa shape index (κ3) is 3.66. The van der Waals surface area contributed by atoms with Gasteiger partial charge in [-0.15, -0.1) is 11.3 Å². The van der Waals surface area contributed by atoms with Crippen LogP contribution in [0.25, 0.3) is 0 Å². The summed E-state index contributed by atoms with van der Waals surface area (Å²) >= 11 is 5.85. The number of hydrogen-bond donors (Lipinski definition) is 1. The summed E-state index contributed by atoms with van der Waals surface area (Å²) in [5.74, 6) is 3.92. The van der Waals surface area contributed by atoms with Crippen molar-refractivity contribution in [1.82, 2.24) is 10.3 Å². The molecule has 1 N–H and O–H groups in total. The van der Waals surface area contributed by atoms with E-state index in [-0.39, 0.29) is 0 Å². The molecule has 1 saturated heterocycles. The molecule has 84 valence electrons. The minimum atomic E-state index is 0.392. The summed E-state index contributed by atoms with van der Waals surface area (Å²) in [7, 11) is 0. The summed E-state index contributed by atoms with van der Waals surface area (Å²) in [6.07, 6.45) is 0. The van der Waals surface area contributed by atoms with Crippen LogP contribution in [0.2, 0.25) is 0 Å². The van der Waals surface area contributed by atoms with Crippen molar-refractivity contribution in [2.75, 3.05) is 23.8 Å². The molecular weight excluding hydrogens is 244 g/mol. The summed E-state index contributed by atoms with van der Waals surface area (Å²) in [6, 6.07) is 0.392. The highest BCUT2D eigenvalue weighted by Gasteiger charge is 2.15. The summed E-state index contributed by atoms with van der Waals surface area (Å²) in [6.45, 7) is 3.30. The molecular formula is C10H16N2S3. The number of thioether (sulfide) groups is 2. The highest BCUT2D eigenvalue weighted by molar-refractivity contribution is 8.06. The molecule has 2 heterocycles. The number of nitrogens with zero attached hydrogens (tertiary/aromatic N) is 1. The van der Waals surface area contributed by atoms with Crippen LogP contribution >= 0.6 is 34.9 Å². The second-order valence-electron chi connectivity index (χ2n) is 3.61. The molecule has 2 rings (SSSR count). The molecule has 1 aliphatic heterocycles. The Morgan fingerprint density at radius 2 is 2.53 bits per heavy atom. The highest BCUT2D eigenvalue weighted by Crippen LogP contribution is 2.24. The van der Waals surface area contributed by atoms with E-state index < -0.39 is 0 Å². The summed E-state index contributed by atoms with van der Waals surface area (Å²) in [5.41, 5.74) is 3.08. The molecule has 1 aromatic rings. The molecule has 15 heavy (non-hydrogen) atoms. The van der Waals surface area contributed by atoms with Gasteiger partial charge in [0.2, 0.25) is 0 Å². The molecule has 0 bridgehead atoms. The average molecular weight is 260 g/mol. The monoisotopic (exact) mass is 260 g/mol. The van der Waals surface area contributed by atoms with Gasteiger partial charge in [-0.05, 0) is 6.92 Å². The van der Waals surface area contributed by atoms with Gasteiger partial charge < -0.3 is 5.32 Å². The van der Waals surface area contributed by atoms with Crippen LogP contribution in [0.1, 0.15) is 18.7 Å². The predicted octanol–water partition coefficient (Wildman–Crippen LogP) is 2.64. The van der Waals surface area contributed by atoms with Gasteiger partial charge in [-0.1, -0.05) is 0 Å². The fraction of sp³-hybridized carbons (Fsp3) is 0.700. The van der Waals surface area contributed by atoms with Gasteiger partial charge in [-0.2, -0.15) is 23.5 Å². The first-order valence-corrected chi connectivity index (χ1v) is 8.31. The molecule has 0 aromatic carbocycles.